The van der Waals surface area contributed by atoms with Crippen molar-refractivity contribution >= 4 is 24.8 Å². The Balaban J connectivity index is 0.00000272. The zero-order valence-corrected chi connectivity index (χ0v) is 22.4. The third kappa shape index (κ3) is 5.53. The van der Waals surface area contributed by atoms with Crippen molar-refractivity contribution in [3.8, 4) is 22.6 Å². The molecule has 0 saturated heterocycles. The van der Waals surface area contributed by atoms with E-state index in [1.54, 1.807) is 14.2 Å². The number of ether oxygens (including phenoxy) is 2. The third-order valence-corrected chi connectivity index (χ3v) is 10.9. The molecule has 2 aliphatic rings. The van der Waals surface area contributed by atoms with Gasteiger partial charge in [-0.3, -0.25) is 0 Å². The quantitative estimate of drug-likeness (QED) is 0.237. The summed E-state index contributed by atoms with van der Waals surface area (Å²) in [5.74, 6) is 1.72. The molecule has 2 nitrogen and oxygen atoms in total. The molecule has 0 aliphatic heterocycles. The minimum atomic E-state index is -0.335. The molecule has 0 aromatic heterocycles. The molecule has 2 aromatic carbocycles. The summed E-state index contributed by atoms with van der Waals surface area (Å²) in [5, 5.41) is 2.33. The normalized spacial score (nSPS) is 17.9. The van der Waals surface area contributed by atoms with Crippen LogP contribution in [0.1, 0.15) is 64.2 Å². The van der Waals surface area contributed by atoms with Crippen molar-refractivity contribution in [2.24, 2.45) is 0 Å². The van der Waals surface area contributed by atoms with Gasteiger partial charge in [0.05, 0.1) is 19.8 Å². The van der Waals surface area contributed by atoms with Crippen molar-refractivity contribution < 1.29 is 31.9 Å². The van der Waals surface area contributed by atoms with Crippen LogP contribution in [0.3, 0.4) is 0 Å². The predicted octanol–water partition coefficient (Wildman–Crippen LogP) is 7.79. The van der Waals surface area contributed by atoms with Gasteiger partial charge in [-0.25, -0.2) is 0 Å². The van der Waals surface area contributed by atoms with Crippen molar-refractivity contribution in [2.45, 2.75) is 75.5 Å². The number of hydrogen-bond donors (Lipinski definition) is 0. The molecule has 31 heavy (non-hydrogen) atoms. The van der Waals surface area contributed by atoms with E-state index in [9.17, 15) is 0 Å². The number of benzene rings is 2. The summed E-state index contributed by atoms with van der Waals surface area (Å²) in [7, 11) is 3.15. The second kappa shape index (κ2) is 12.1. The summed E-state index contributed by atoms with van der Waals surface area (Å²) in [5.41, 5.74) is 3.85. The van der Waals surface area contributed by atoms with Crippen LogP contribution in [-0.4, -0.2) is 25.5 Å². The Morgan fingerprint density at radius 1 is 0.742 bits per heavy atom. The zero-order valence-electron chi connectivity index (χ0n) is 18.6. The molecule has 0 spiro atoms. The molecule has 0 bridgehead atoms. The maximum atomic E-state index is 7.04. The second-order valence-corrected chi connectivity index (χ2v) is 11.8. The molecule has 0 unspecified atom stereocenters. The molecule has 0 heterocycles. The van der Waals surface area contributed by atoms with E-state index in [1.165, 1.54) is 75.1 Å². The summed E-state index contributed by atoms with van der Waals surface area (Å²) in [6.07, 6.45) is 13.7. The summed E-state index contributed by atoms with van der Waals surface area (Å²) in [6, 6.07) is 12.5. The minimum Gasteiger partial charge on any atom is -0.496 e. The van der Waals surface area contributed by atoms with Gasteiger partial charge in [0.15, 0.2) is 0 Å². The molecule has 0 atom stereocenters. The maximum Gasteiger partial charge on any atom is 1.00 e. The van der Waals surface area contributed by atoms with Gasteiger partial charge in [-0.15, -0.1) is 0 Å². The Bertz CT molecular complexity index is 807. The molecule has 0 N–H and O–H groups in total. The Morgan fingerprint density at radius 3 is 1.71 bits per heavy atom. The first-order valence-corrected chi connectivity index (χ1v) is 13.4. The van der Waals surface area contributed by atoms with Crippen molar-refractivity contribution in [3.05, 3.63) is 41.4 Å². The van der Waals surface area contributed by atoms with Gasteiger partial charge in [-0.1, -0.05) is 76.2 Å². The monoisotopic (exact) mass is 641 g/mol. The molecule has 5 heteroatoms. The molecule has 2 fully saturated rings. The van der Waals surface area contributed by atoms with Crippen LogP contribution in [0.4, 0.5) is 0 Å². The molecule has 2 aromatic rings. The first-order chi connectivity index (χ1) is 14.7. The summed E-state index contributed by atoms with van der Waals surface area (Å²) >= 11 is 7.04. The average Bonchev–Trinajstić information content (AvgIpc) is 2.81. The molecular formula is C26H34AuClO2P+. The first-order valence-electron chi connectivity index (χ1n) is 11.5. The Hall–Kier alpha value is -0.500. The predicted molar refractivity (Wildman–Crippen MR) is 130 cm³/mol. The van der Waals surface area contributed by atoms with E-state index in [-0.39, 0.29) is 30.3 Å². The van der Waals surface area contributed by atoms with E-state index in [4.69, 9.17) is 21.1 Å². The zero-order chi connectivity index (χ0) is 20.9. The molecule has 2 aliphatic carbocycles. The summed E-state index contributed by atoms with van der Waals surface area (Å²) in [6.45, 7) is 0. The fourth-order valence-electron chi connectivity index (χ4n) is 5.48. The Kier molecular flexibility index (Phi) is 9.81. The molecular weight excluding hydrogens is 608 g/mol. The van der Waals surface area contributed by atoms with Crippen LogP contribution in [-0.2, 0) is 22.4 Å². The Morgan fingerprint density at radius 2 is 1.23 bits per heavy atom. The fourth-order valence-corrected chi connectivity index (χ4v) is 9.90. The van der Waals surface area contributed by atoms with Gasteiger partial charge in [0.1, 0.15) is 11.5 Å². The van der Waals surface area contributed by atoms with Crippen molar-refractivity contribution in [1.29, 1.82) is 0 Å². The minimum absolute atomic E-state index is 0. The van der Waals surface area contributed by atoms with Crippen LogP contribution < -0.4 is 14.8 Å². The van der Waals surface area contributed by atoms with Gasteiger partial charge in [0.25, 0.3) is 0 Å². The van der Waals surface area contributed by atoms with Crippen molar-refractivity contribution in [3.63, 3.8) is 0 Å². The van der Waals surface area contributed by atoms with Gasteiger partial charge >= 0.3 is 22.4 Å². The molecule has 4 rings (SSSR count). The van der Waals surface area contributed by atoms with Crippen molar-refractivity contribution in [2.75, 3.05) is 14.2 Å². The number of methoxy groups -OCH3 is 2. The summed E-state index contributed by atoms with van der Waals surface area (Å²) in [4.78, 5) is 0. The van der Waals surface area contributed by atoms with Crippen molar-refractivity contribution in [1.82, 2.24) is 0 Å². The van der Waals surface area contributed by atoms with E-state index in [0.29, 0.717) is 0 Å². The smallest absolute Gasteiger partial charge is 0.496 e. The van der Waals surface area contributed by atoms with Gasteiger partial charge < -0.3 is 9.47 Å². The standard InChI is InChI=1S/C26H34ClO2P.Au/c1-28-23-17-10-18-24(29-2)25(23)21-15-9-16-22(27)26(21)30(19-11-5-3-6-12-19)20-13-7-4-8-14-20;/h9-10,15-20H,3-8,11-14H2,1-2H3;/q;+1. The van der Waals surface area contributed by atoms with E-state index < -0.39 is 0 Å². The summed E-state index contributed by atoms with van der Waals surface area (Å²) < 4.78 is 11.6. The van der Waals surface area contributed by atoms with Crippen LogP contribution in [0.5, 0.6) is 11.5 Å². The second-order valence-electron chi connectivity index (χ2n) is 8.66. The van der Waals surface area contributed by atoms with E-state index >= 15 is 0 Å². The van der Waals surface area contributed by atoms with Crippen LogP contribution in [0.15, 0.2) is 36.4 Å². The molecule has 2 saturated carbocycles. The Labute approximate surface area is 209 Å². The molecule has 0 radical (unpaired) electrons. The van der Waals surface area contributed by atoms with Crippen LogP contribution in [0, 0.1) is 0 Å². The van der Waals surface area contributed by atoms with Gasteiger partial charge in [-0.05, 0) is 60.8 Å². The largest absolute Gasteiger partial charge is 1.00 e. The fraction of sp³-hybridized carbons (Fsp3) is 0.538. The van der Waals surface area contributed by atoms with E-state index in [1.807, 2.05) is 18.2 Å². The van der Waals surface area contributed by atoms with Gasteiger partial charge in [0, 0.05) is 10.3 Å². The number of halogens is 1. The maximum absolute atomic E-state index is 7.04. The van der Waals surface area contributed by atoms with E-state index in [0.717, 1.165) is 33.4 Å². The number of rotatable bonds is 6. The average molecular weight is 642 g/mol. The van der Waals surface area contributed by atoms with Crippen LogP contribution in [0.25, 0.3) is 11.1 Å². The van der Waals surface area contributed by atoms with Crippen LogP contribution >= 0.6 is 19.5 Å². The molecule has 172 valence electrons. The van der Waals surface area contributed by atoms with Gasteiger partial charge in [-0.2, -0.15) is 0 Å². The van der Waals surface area contributed by atoms with E-state index in [2.05, 4.69) is 18.2 Å². The number of hydrogen-bond acceptors (Lipinski definition) is 2. The SMILES string of the molecule is COc1cccc(OC)c1-c1cccc(Cl)c1P(C1CCCCC1)C1CCCCC1.[Au+]. The third-order valence-electron chi connectivity index (χ3n) is 6.88. The topological polar surface area (TPSA) is 18.5 Å². The first kappa shape index (κ1) is 25.1. The van der Waals surface area contributed by atoms with Gasteiger partial charge in [0.2, 0.25) is 0 Å². The molecule has 0 amide bonds. The van der Waals surface area contributed by atoms with Crippen LogP contribution in [0.2, 0.25) is 5.02 Å².